The molecule has 1 amide bonds. The molecular weight excluding hydrogens is 228 g/mol. The quantitative estimate of drug-likeness (QED) is 0.832. The first-order chi connectivity index (χ1) is 8.76. The molecule has 0 saturated carbocycles. The highest BCUT2D eigenvalue weighted by Gasteiger charge is 2.27. The van der Waals surface area contributed by atoms with Gasteiger partial charge in [-0.25, -0.2) is 0 Å². The lowest BCUT2D eigenvalue weighted by Gasteiger charge is -2.17. The largest absolute Gasteiger partial charge is 0.491 e. The summed E-state index contributed by atoms with van der Waals surface area (Å²) in [4.78, 5) is 12.1. The molecule has 0 fully saturated rings. The average Bonchev–Trinajstić information content (AvgIpc) is 2.79. The minimum Gasteiger partial charge on any atom is -0.491 e. The first-order valence-corrected chi connectivity index (χ1v) is 6.48. The van der Waals surface area contributed by atoms with Crippen LogP contribution in [0.4, 0.5) is 0 Å². The van der Waals surface area contributed by atoms with E-state index in [4.69, 9.17) is 10.5 Å². The zero-order valence-electron chi connectivity index (χ0n) is 10.7. The molecule has 18 heavy (non-hydrogen) atoms. The molecule has 1 aromatic carbocycles. The number of ether oxygens (including phenoxy) is 1. The second-order valence-corrected chi connectivity index (χ2v) is 4.63. The van der Waals surface area contributed by atoms with Crippen molar-refractivity contribution in [3.8, 4) is 5.75 Å². The van der Waals surface area contributed by atoms with Gasteiger partial charge in [0.05, 0.1) is 12.0 Å². The van der Waals surface area contributed by atoms with Crippen molar-refractivity contribution in [2.45, 2.75) is 25.8 Å². The predicted molar refractivity (Wildman–Crippen MR) is 70.3 cm³/mol. The standard InChI is InChI=1S/C14H20N2O2/c1-2-5-10(8-15)14(17)16-12-9-18-13-7-4-3-6-11(12)13/h3-4,6-7,10,12H,2,5,8-9,15H2,1H3,(H,16,17). The Bertz CT molecular complexity index is 420. The van der Waals surface area contributed by atoms with E-state index in [1.54, 1.807) is 0 Å². The fourth-order valence-corrected chi connectivity index (χ4v) is 2.28. The van der Waals surface area contributed by atoms with Crippen LogP contribution in [0.2, 0.25) is 0 Å². The molecule has 0 aromatic heterocycles. The molecule has 0 spiro atoms. The van der Waals surface area contributed by atoms with Crippen LogP contribution in [0, 0.1) is 5.92 Å². The zero-order valence-corrected chi connectivity index (χ0v) is 10.7. The maximum atomic E-state index is 12.1. The molecule has 1 aliphatic heterocycles. The van der Waals surface area contributed by atoms with E-state index in [0.29, 0.717) is 13.2 Å². The van der Waals surface area contributed by atoms with Crippen molar-refractivity contribution in [2.75, 3.05) is 13.2 Å². The number of carbonyl (C=O) groups is 1. The third-order valence-electron chi connectivity index (χ3n) is 3.31. The van der Waals surface area contributed by atoms with Gasteiger partial charge in [0, 0.05) is 12.1 Å². The van der Waals surface area contributed by atoms with Crippen molar-refractivity contribution in [2.24, 2.45) is 11.7 Å². The third kappa shape index (κ3) is 2.64. The number of hydrogen-bond donors (Lipinski definition) is 2. The van der Waals surface area contributed by atoms with E-state index >= 15 is 0 Å². The van der Waals surface area contributed by atoms with Crippen LogP contribution in [-0.2, 0) is 4.79 Å². The number of para-hydroxylation sites is 1. The number of rotatable bonds is 5. The molecule has 98 valence electrons. The average molecular weight is 248 g/mol. The number of nitrogens with two attached hydrogens (primary N) is 1. The predicted octanol–water partition coefficient (Wildman–Crippen LogP) is 1.61. The van der Waals surface area contributed by atoms with Crippen LogP contribution in [-0.4, -0.2) is 19.1 Å². The summed E-state index contributed by atoms with van der Waals surface area (Å²) in [7, 11) is 0. The van der Waals surface area contributed by atoms with Crippen LogP contribution in [0.3, 0.4) is 0 Å². The fraction of sp³-hybridized carbons (Fsp3) is 0.500. The van der Waals surface area contributed by atoms with Gasteiger partial charge in [-0.05, 0) is 12.5 Å². The number of carbonyl (C=O) groups excluding carboxylic acids is 1. The summed E-state index contributed by atoms with van der Waals surface area (Å²) < 4.78 is 5.54. The molecule has 2 unspecified atom stereocenters. The molecule has 0 saturated heterocycles. The summed E-state index contributed by atoms with van der Waals surface area (Å²) in [6, 6.07) is 7.76. The van der Waals surface area contributed by atoms with Crippen molar-refractivity contribution in [3.63, 3.8) is 0 Å². The maximum Gasteiger partial charge on any atom is 0.224 e. The van der Waals surface area contributed by atoms with E-state index in [9.17, 15) is 4.79 Å². The van der Waals surface area contributed by atoms with Gasteiger partial charge in [0.25, 0.3) is 0 Å². The molecule has 1 aliphatic rings. The molecule has 0 bridgehead atoms. The van der Waals surface area contributed by atoms with Gasteiger partial charge in [0.15, 0.2) is 0 Å². The summed E-state index contributed by atoms with van der Waals surface area (Å²) in [5.74, 6) is 0.801. The van der Waals surface area contributed by atoms with Gasteiger partial charge in [0.2, 0.25) is 5.91 Å². The van der Waals surface area contributed by atoms with Crippen LogP contribution in [0.5, 0.6) is 5.75 Å². The highest BCUT2D eigenvalue weighted by molar-refractivity contribution is 5.79. The van der Waals surface area contributed by atoms with E-state index in [2.05, 4.69) is 12.2 Å². The van der Waals surface area contributed by atoms with Crippen molar-refractivity contribution >= 4 is 5.91 Å². The maximum absolute atomic E-state index is 12.1. The van der Waals surface area contributed by atoms with E-state index in [-0.39, 0.29) is 17.9 Å². The molecule has 3 N–H and O–H groups in total. The van der Waals surface area contributed by atoms with E-state index < -0.39 is 0 Å². The minimum atomic E-state index is -0.0947. The van der Waals surface area contributed by atoms with E-state index in [1.807, 2.05) is 24.3 Å². The number of amides is 1. The lowest BCUT2D eigenvalue weighted by atomic mass is 10.0. The normalized spacial score (nSPS) is 18.9. The van der Waals surface area contributed by atoms with Gasteiger partial charge in [-0.3, -0.25) is 4.79 Å². The van der Waals surface area contributed by atoms with E-state index in [0.717, 1.165) is 24.2 Å². The third-order valence-corrected chi connectivity index (χ3v) is 3.31. The molecule has 1 aromatic rings. The van der Waals surface area contributed by atoms with Crippen LogP contribution < -0.4 is 15.8 Å². The Morgan fingerprint density at radius 3 is 3.06 bits per heavy atom. The van der Waals surface area contributed by atoms with Crippen LogP contribution in [0.1, 0.15) is 31.4 Å². The summed E-state index contributed by atoms with van der Waals surface area (Å²) in [5.41, 5.74) is 6.69. The highest BCUT2D eigenvalue weighted by Crippen LogP contribution is 2.31. The minimum absolute atomic E-state index is 0.0321. The van der Waals surface area contributed by atoms with Crippen LogP contribution in [0.25, 0.3) is 0 Å². The SMILES string of the molecule is CCCC(CN)C(=O)NC1COc2ccccc21. The Morgan fingerprint density at radius 2 is 2.33 bits per heavy atom. The number of hydrogen-bond acceptors (Lipinski definition) is 3. The zero-order chi connectivity index (χ0) is 13.0. The van der Waals surface area contributed by atoms with Crippen molar-refractivity contribution < 1.29 is 9.53 Å². The second-order valence-electron chi connectivity index (χ2n) is 4.63. The number of benzene rings is 1. The first-order valence-electron chi connectivity index (χ1n) is 6.48. The fourth-order valence-electron chi connectivity index (χ4n) is 2.28. The summed E-state index contributed by atoms with van der Waals surface area (Å²) in [6.45, 7) is 2.97. The molecule has 1 heterocycles. The monoisotopic (exact) mass is 248 g/mol. The van der Waals surface area contributed by atoms with Crippen molar-refractivity contribution in [1.29, 1.82) is 0 Å². The lowest BCUT2D eigenvalue weighted by molar-refractivity contribution is -0.125. The van der Waals surface area contributed by atoms with Crippen molar-refractivity contribution in [1.82, 2.24) is 5.32 Å². The highest BCUT2D eigenvalue weighted by atomic mass is 16.5. The Kier molecular flexibility index (Phi) is 4.20. The summed E-state index contributed by atoms with van der Waals surface area (Å²) in [5, 5.41) is 3.03. The Hall–Kier alpha value is -1.55. The molecule has 2 rings (SSSR count). The Balaban J connectivity index is 2.01. The topological polar surface area (TPSA) is 64.4 Å². The molecule has 4 nitrogen and oxygen atoms in total. The summed E-state index contributed by atoms with van der Waals surface area (Å²) >= 11 is 0. The van der Waals surface area contributed by atoms with Gasteiger partial charge in [-0.15, -0.1) is 0 Å². The molecule has 4 heteroatoms. The smallest absolute Gasteiger partial charge is 0.224 e. The van der Waals surface area contributed by atoms with Crippen LogP contribution >= 0.6 is 0 Å². The number of nitrogens with one attached hydrogen (secondary N) is 1. The van der Waals surface area contributed by atoms with Gasteiger partial charge < -0.3 is 15.8 Å². The van der Waals surface area contributed by atoms with Crippen molar-refractivity contribution in [3.05, 3.63) is 29.8 Å². The van der Waals surface area contributed by atoms with E-state index in [1.165, 1.54) is 0 Å². The Morgan fingerprint density at radius 1 is 1.56 bits per heavy atom. The lowest BCUT2D eigenvalue weighted by Crippen LogP contribution is -2.37. The van der Waals surface area contributed by atoms with Gasteiger partial charge in [-0.1, -0.05) is 31.5 Å². The second kappa shape index (κ2) is 5.87. The molecular formula is C14H20N2O2. The molecule has 0 radical (unpaired) electrons. The van der Waals surface area contributed by atoms with Gasteiger partial charge in [0.1, 0.15) is 12.4 Å². The van der Waals surface area contributed by atoms with Gasteiger partial charge in [-0.2, -0.15) is 0 Å². The molecule has 2 atom stereocenters. The Labute approximate surface area is 108 Å². The first kappa shape index (κ1) is 12.9. The molecule has 0 aliphatic carbocycles. The number of fused-ring (bicyclic) bond motifs is 1. The summed E-state index contributed by atoms with van der Waals surface area (Å²) in [6.07, 6.45) is 1.80. The van der Waals surface area contributed by atoms with Crippen LogP contribution in [0.15, 0.2) is 24.3 Å². The van der Waals surface area contributed by atoms with Gasteiger partial charge >= 0.3 is 0 Å².